The average Bonchev–Trinajstić information content (AvgIpc) is 2.55. The number of methoxy groups -OCH3 is 2. The van der Waals surface area contributed by atoms with Crippen LogP contribution >= 0.6 is 0 Å². The minimum absolute atomic E-state index is 0.0299. The Kier molecular flexibility index (Phi) is 18.3. The van der Waals surface area contributed by atoms with Crippen LogP contribution in [0.5, 0.6) is 11.5 Å². The lowest BCUT2D eigenvalue weighted by molar-refractivity contribution is -0.137. The SMILES string of the molecule is CCCCCCOC(C)c1c(C)c2cc3nc(c4c5[nH]c(cc6nc(cc1[nH]2)C(C)=C6CC)c(C)c5/C(=N\Nc1ccc(C#Cc2cccc(Nc5ncnc6cc(OCCOC)c(OCCOC)cc56)c2)cc1)C4)[C@@H](CCC(=O)O)C3C. The van der Waals surface area contributed by atoms with Crippen molar-refractivity contribution in [1.29, 1.82) is 0 Å². The number of aryl methyl sites for hydroxylation is 2. The van der Waals surface area contributed by atoms with Gasteiger partial charge in [-0.15, -0.1) is 0 Å². The molecule has 10 rings (SSSR count). The maximum Gasteiger partial charge on any atom is 0.303 e. The Labute approximate surface area is 485 Å². The van der Waals surface area contributed by atoms with Crippen molar-refractivity contribution in [2.24, 2.45) is 5.10 Å². The molecule has 6 heterocycles. The Hall–Kier alpha value is -8.36. The second-order valence-corrected chi connectivity index (χ2v) is 21.6. The van der Waals surface area contributed by atoms with Crippen LogP contribution in [-0.2, 0) is 25.4 Å². The summed E-state index contributed by atoms with van der Waals surface area (Å²) in [5.74, 6) is 7.37. The van der Waals surface area contributed by atoms with Gasteiger partial charge in [-0.3, -0.25) is 15.2 Å². The second-order valence-electron chi connectivity index (χ2n) is 21.6. The van der Waals surface area contributed by atoms with Gasteiger partial charge in [0, 0.05) is 113 Å². The molecular formula is C67H75N9O7. The van der Waals surface area contributed by atoms with Gasteiger partial charge in [-0.25, -0.2) is 15.0 Å². The predicted molar refractivity (Wildman–Crippen MR) is 330 cm³/mol. The van der Waals surface area contributed by atoms with E-state index in [2.05, 4.69) is 109 Å². The monoisotopic (exact) mass is 1120 g/mol. The lowest BCUT2D eigenvalue weighted by atomic mass is 9.85. The van der Waals surface area contributed by atoms with Gasteiger partial charge in [-0.1, -0.05) is 57.9 Å². The fourth-order valence-corrected chi connectivity index (χ4v) is 11.5. The van der Waals surface area contributed by atoms with Gasteiger partial charge in [0.15, 0.2) is 11.5 Å². The number of nitrogens with zero attached hydrogens (tertiary/aromatic N) is 5. The van der Waals surface area contributed by atoms with Crippen molar-refractivity contribution in [2.75, 3.05) is 58.0 Å². The number of ether oxygens (including phenoxy) is 5. The highest BCUT2D eigenvalue weighted by molar-refractivity contribution is 6.16. The second kappa shape index (κ2) is 26.3. The van der Waals surface area contributed by atoms with E-state index >= 15 is 0 Å². The van der Waals surface area contributed by atoms with E-state index in [1.165, 1.54) is 24.7 Å². The van der Waals surface area contributed by atoms with Crippen molar-refractivity contribution in [2.45, 2.75) is 118 Å². The Morgan fingerprint density at radius 1 is 0.795 bits per heavy atom. The topological polar surface area (TPSA) is 203 Å². The smallest absolute Gasteiger partial charge is 0.303 e. The van der Waals surface area contributed by atoms with E-state index in [0.29, 0.717) is 68.7 Å². The van der Waals surface area contributed by atoms with Crippen LogP contribution in [0.1, 0.15) is 159 Å². The van der Waals surface area contributed by atoms with E-state index in [1.54, 1.807) is 14.2 Å². The third-order valence-corrected chi connectivity index (χ3v) is 16.1. The number of hydrogen-bond acceptors (Lipinski definition) is 13. The first-order valence-electron chi connectivity index (χ1n) is 29.0. The maximum absolute atomic E-state index is 12.2. The van der Waals surface area contributed by atoms with E-state index in [1.807, 2.05) is 60.7 Å². The molecule has 0 saturated carbocycles. The average molecular weight is 1120 g/mol. The Balaban J connectivity index is 0.953. The van der Waals surface area contributed by atoms with E-state index < -0.39 is 5.97 Å². The minimum atomic E-state index is -0.826. The van der Waals surface area contributed by atoms with Gasteiger partial charge in [-0.2, -0.15) is 5.10 Å². The standard InChI is InChI=1S/C67H75N9O7/c1-10-12-13-14-26-81-43(7)63-41(5)54-34-53-40(4)49(24-25-62(77)78)65(73-53)51-32-59(64-42(6)55(74-66(51)64)35-57-48(11-2)39(3)52(71-57)36-58(63)72-54)76-75-46-22-20-44(21-23-46)18-19-45-16-15-17-47(31-45)70-67-50-33-60(82-29-27-79-8)61(83-30-28-80-9)37-56(50)68-38-69-67/h15-17,20-23,31,33-38,40,43,49,72,74-75H,10-14,24-30,32H2,1-9H3,(H,77,78)(H,68,69,70)/b52-36?,53-34?,54-34?,55-35?,57-35?,58-36?,65-51?,76-59-/t40?,43?,49-/m0/s1. The summed E-state index contributed by atoms with van der Waals surface area (Å²) in [6, 6.07) is 26.0. The number of aliphatic carboxylic acids is 1. The van der Waals surface area contributed by atoms with Crippen LogP contribution in [0.4, 0.5) is 17.2 Å². The third-order valence-electron chi connectivity index (χ3n) is 16.1. The number of benzene rings is 3. The first-order valence-corrected chi connectivity index (χ1v) is 29.0. The van der Waals surface area contributed by atoms with Crippen molar-refractivity contribution in [3.63, 3.8) is 0 Å². The van der Waals surface area contributed by atoms with E-state index in [0.717, 1.165) is 131 Å². The molecule has 0 saturated heterocycles. The number of unbranched alkanes of at least 4 members (excludes halogenated alkanes) is 3. The summed E-state index contributed by atoms with van der Waals surface area (Å²) in [7, 11) is 3.26. The van der Waals surface area contributed by atoms with Crippen LogP contribution in [0.2, 0.25) is 0 Å². The van der Waals surface area contributed by atoms with Gasteiger partial charge in [0.1, 0.15) is 25.4 Å². The predicted octanol–water partition coefficient (Wildman–Crippen LogP) is 14.2. The number of carboxylic acids is 1. The van der Waals surface area contributed by atoms with Gasteiger partial charge < -0.3 is 44.1 Å². The summed E-state index contributed by atoms with van der Waals surface area (Å²) < 4.78 is 29.0. The van der Waals surface area contributed by atoms with Crippen molar-refractivity contribution in [3.8, 4) is 23.3 Å². The maximum atomic E-state index is 12.2. The molecule has 16 heteroatoms. The number of aromatic nitrogens is 6. The number of carboxylic acid groups (broad SMARTS) is 1. The van der Waals surface area contributed by atoms with Gasteiger partial charge in [0.2, 0.25) is 0 Å². The summed E-state index contributed by atoms with van der Waals surface area (Å²) in [6.45, 7) is 17.4. The van der Waals surface area contributed by atoms with Crippen LogP contribution in [0.3, 0.4) is 0 Å². The summed E-state index contributed by atoms with van der Waals surface area (Å²) >= 11 is 0. The van der Waals surface area contributed by atoms with Crippen LogP contribution in [0, 0.1) is 25.7 Å². The Bertz CT molecular complexity index is 3850. The van der Waals surface area contributed by atoms with Crippen molar-refractivity contribution in [1.82, 2.24) is 29.9 Å². The number of nitrogens with one attached hydrogen (secondary N) is 4. The zero-order chi connectivity index (χ0) is 58.1. The summed E-state index contributed by atoms with van der Waals surface area (Å²) in [6.07, 6.45) is 7.71. The fraction of sp³-hybridized carbons (Fsp3) is 0.373. The van der Waals surface area contributed by atoms with Gasteiger partial charge in [-0.05, 0) is 136 Å². The number of hydrogen-bond donors (Lipinski definition) is 5. The minimum Gasteiger partial charge on any atom is -0.487 e. The quantitative estimate of drug-likeness (QED) is 0.0230. The van der Waals surface area contributed by atoms with E-state index in [-0.39, 0.29) is 24.4 Å². The number of rotatable bonds is 23. The first-order chi connectivity index (χ1) is 40.3. The molecule has 5 N–H and O–H groups in total. The van der Waals surface area contributed by atoms with Crippen LogP contribution in [0.15, 0.2) is 90.3 Å². The lowest BCUT2D eigenvalue weighted by Gasteiger charge is -2.16. The summed E-state index contributed by atoms with van der Waals surface area (Å²) in [5.41, 5.74) is 23.3. The molecule has 7 aromatic rings. The highest BCUT2D eigenvalue weighted by Crippen LogP contribution is 2.45. The van der Waals surface area contributed by atoms with Crippen LogP contribution in [-0.4, -0.2) is 93.9 Å². The molecule has 0 radical (unpaired) electrons. The Morgan fingerprint density at radius 3 is 2.29 bits per heavy atom. The molecule has 16 nitrogen and oxygen atoms in total. The van der Waals surface area contributed by atoms with Crippen molar-refractivity contribution >= 4 is 73.0 Å². The van der Waals surface area contributed by atoms with Gasteiger partial charge in [0.05, 0.1) is 58.8 Å². The first kappa shape index (κ1) is 57.9. The highest BCUT2D eigenvalue weighted by atomic mass is 16.5. The molecule has 1 aliphatic carbocycles. The van der Waals surface area contributed by atoms with Crippen LogP contribution < -0.4 is 20.2 Å². The number of H-pyrrole nitrogens is 2. The third kappa shape index (κ3) is 12.8. The molecule has 430 valence electrons. The van der Waals surface area contributed by atoms with Gasteiger partial charge in [0.25, 0.3) is 0 Å². The molecule has 3 aliphatic rings. The molecule has 3 aromatic carbocycles. The van der Waals surface area contributed by atoms with Crippen LogP contribution in [0.25, 0.3) is 44.1 Å². The Morgan fingerprint density at radius 2 is 1.54 bits per heavy atom. The molecular weight excluding hydrogens is 1040 g/mol. The molecule has 83 heavy (non-hydrogen) atoms. The molecule has 0 amide bonds. The molecule has 0 fully saturated rings. The molecule has 2 unspecified atom stereocenters. The number of fused-ring (bicyclic) bond motifs is 9. The molecule has 2 aliphatic heterocycles. The highest BCUT2D eigenvalue weighted by Gasteiger charge is 2.36. The lowest BCUT2D eigenvalue weighted by Crippen LogP contribution is -2.09. The number of carbonyl (C=O) groups is 1. The zero-order valence-electron chi connectivity index (χ0n) is 49.1. The summed E-state index contributed by atoms with van der Waals surface area (Å²) in [5, 5.41) is 19.4. The molecule has 8 bridgehead atoms. The number of aromatic amines is 2. The number of anilines is 3. The molecule has 3 atom stereocenters. The number of allylic oxidation sites excluding steroid dienone is 2. The van der Waals surface area contributed by atoms with Crippen molar-refractivity contribution < 1.29 is 33.6 Å². The summed E-state index contributed by atoms with van der Waals surface area (Å²) in [4.78, 5) is 39.8. The molecule has 4 aromatic heterocycles. The van der Waals surface area contributed by atoms with Crippen molar-refractivity contribution in [3.05, 3.63) is 147 Å². The van der Waals surface area contributed by atoms with Gasteiger partial charge >= 0.3 is 5.97 Å². The fourth-order valence-electron chi connectivity index (χ4n) is 11.5. The zero-order valence-corrected chi connectivity index (χ0v) is 49.1. The molecule has 0 spiro atoms. The van der Waals surface area contributed by atoms with E-state index in [4.69, 9.17) is 38.8 Å². The normalized spacial score (nSPS) is 15.4. The largest absolute Gasteiger partial charge is 0.487 e. The van der Waals surface area contributed by atoms with E-state index in [9.17, 15) is 9.90 Å². The number of hydrazone groups is 1.